The molecule has 0 bridgehead atoms. The Morgan fingerprint density at radius 2 is 2.00 bits per heavy atom. The molecule has 0 unspecified atom stereocenters. The zero-order valence-corrected chi connectivity index (χ0v) is 14.0. The number of carbonyl (C=O) groups excluding carboxylic acids is 1. The van der Waals surface area contributed by atoms with E-state index >= 15 is 0 Å². The van der Waals surface area contributed by atoms with Crippen molar-refractivity contribution in [3.05, 3.63) is 52.8 Å². The van der Waals surface area contributed by atoms with Crippen LogP contribution >= 0.6 is 23.4 Å². The van der Waals surface area contributed by atoms with Crippen molar-refractivity contribution < 1.29 is 4.79 Å². The molecule has 3 rings (SSSR count). The van der Waals surface area contributed by atoms with Crippen LogP contribution in [-0.2, 0) is 0 Å². The number of benzene rings is 1. The summed E-state index contributed by atoms with van der Waals surface area (Å²) in [6.07, 6.45) is 3.49. The first kappa shape index (κ1) is 16.0. The fourth-order valence-corrected chi connectivity index (χ4v) is 3.89. The molecule has 4 nitrogen and oxygen atoms in total. The summed E-state index contributed by atoms with van der Waals surface area (Å²) in [6, 6.07) is 11.5. The van der Waals surface area contributed by atoms with E-state index in [1.165, 1.54) is 4.90 Å². The van der Waals surface area contributed by atoms with Crippen LogP contribution in [0.1, 0.15) is 28.9 Å². The standard InChI is InChI=1S/C17H16ClN3OS/c18-13-1-3-14(4-2-13)23-15-5-7-21(8-6-15)17(22)16-9-12(10-19)11-20-16/h1-4,9,11,15,20H,5-8H2. The molecule has 1 aliphatic heterocycles. The number of nitriles is 1. The van der Waals surface area contributed by atoms with Crippen molar-refractivity contribution in [2.24, 2.45) is 0 Å². The number of amides is 1. The summed E-state index contributed by atoms with van der Waals surface area (Å²) in [5.74, 6) is -0.0264. The number of thioether (sulfide) groups is 1. The lowest BCUT2D eigenvalue weighted by Crippen LogP contribution is -2.39. The molecule has 1 fully saturated rings. The van der Waals surface area contributed by atoms with Crippen LogP contribution in [0.5, 0.6) is 0 Å². The maximum Gasteiger partial charge on any atom is 0.270 e. The predicted molar refractivity (Wildman–Crippen MR) is 91.7 cm³/mol. The van der Waals surface area contributed by atoms with Crippen molar-refractivity contribution in [2.45, 2.75) is 23.0 Å². The van der Waals surface area contributed by atoms with Crippen LogP contribution in [0.25, 0.3) is 0 Å². The summed E-state index contributed by atoms with van der Waals surface area (Å²) in [4.78, 5) is 18.3. The van der Waals surface area contributed by atoms with Gasteiger partial charge in [0.25, 0.3) is 5.91 Å². The number of rotatable bonds is 3. The summed E-state index contributed by atoms with van der Waals surface area (Å²) in [5, 5.41) is 10.1. The Bertz CT molecular complexity index is 727. The Labute approximate surface area is 144 Å². The average Bonchev–Trinajstić information content (AvgIpc) is 3.06. The highest BCUT2D eigenvalue weighted by Gasteiger charge is 2.25. The number of H-pyrrole nitrogens is 1. The molecule has 1 saturated heterocycles. The van der Waals surface area contributed by atoms with Crippen LogP contribution in [0.4, 0.5) is 0 Å². The summed E-state index contributed by atoms with van der Waals surface area (Å²) < 4.78 is 0. The van der Waals surface area contributed by atoms with Gasteiger partial charge in [-0.1, -0.05) is 11.6 Å². The van der Waals surface area contributed by atoms with Crippen LogP contribution < -0.4 is 0 Å². The fraction of sp³-hybridized carbons (Fsp3) is 0.294. The number of piperidine rings is 1. The molecule has 2 heterocycles. The summed E-state index contributed by atoms with van der Waals surface area (Å²) in [6.45, 7) is 1.48. The number of nitrogens with zero attached hydrogens (tertiary/aromatic N) is 2. The van der Waals surface area contributed by atoms with Gasteiger partial charge >= 0.3 is 0 Å². The molecule has 0 saturated carbocycles. The molecule has 0 radical (unpaired) electrons. The second-order valence-corrected chi connectivity index (χ2v) is 7.29. The van der Waals surface area contributed by atoms with Gasteiger partial charge in [0, 0.05) is 34.5 Å². The van der Waals surface area contributed by atoms with Gasteiger partial charge in [0.1, 0.15) is 11.8 Å². The van der Waals surface area contributed by atoms with Crippen LogP contribution in [0.2, 0.25) is 5.02 Å². The SMILES string of the molecule is N#Cc1c[nH]c(C(=O)N2CCC(Sc3ccc(Cl)cc3)CC2)c1. The molecule has 1 N–H and O–H groups in total. The van der Waals surface area contributed by atoms with Crippen LogP contribution in [-0.4, -0.2) is 34.1 Å². The fourth-order valence-electron chi connectivity index (χ4n) is 2.64. The molecule has 0 atom stereocenters. The number of nitrogens with one attached hydrogen (secondary N) is 1. The predicted octanol–water partition coefficient (Wildman–Crippen LogP) is 3.94. The number of aromatic amines is 1. The van der Waals surface area contributed by atoms with Gasteiger partial charge in [0.05, 0.1) is 5.56 Å². The summed E-state index contributed by atoms with van der Waals surface area (Å²) in [5.41, 5.74) is 0.979. The molecule has 2 aromatic rings. The minimum absolute atomic E-state index is 0.0264. The van der Waals surface area contributed by atoms with E-state index in [1.807, 2.05) is 47.0 Å². The lowest BCUT2D eigenvalue weighted by Gasteiger charge is -2.31. The van der Waals surface area contributed by atoms with Gasteiger partial charge in [0.2, 0.25) is 0 Å². The summed E-state index contributed by atoms with van der Waals surface area (Å²) in [7, 11) is 0. The van der Waals surface area contributed by atoms with Crippen molar-refractivity contribution in [2.75, 3.05) is 13.1 Å². The number of hydrogen-bond donors (Lipinski definition) is 1. The van der Waals surface area contributed by atoms with E-state index in [2.05, 4.69) is 4.98 Å². The Kier molecular flexibility index (Phi) is 4.94. The zero-order valence-electron chi connectivity index (χ0n) is 12.5. The van der Waals surface area contributed by atoms with Gasteiger partial charge in [-0.15, -0.1) is 11.8 Å². The van der Waals surface area contributed by atoms with Crippen molar-refractivity contribution >= 4 is 29.3 Å². The highest BCUT2D eigenvalue weighted by Crippen LogP contribution is 2.31. The molecular weight excluding hydrogens is 330 g/mol. The van der Waals surface area contributed by atoms with Gasteiger partial charge < -0.3 is 9.88 Å². The van der Waals surface area contributed by atoms with Gasteiger partial charge in [-0.05, 0) is 43.2 Å². The van der Waals surface area contributed by atoms with E-state index in [4.69, 9.17) is 16.9 Å². The third-order valence-corrected chi connectivity index (χ3v) is 5.49. The monoisotopic (exact) mass is 345 g/mol. The maximum absolute atomic E-state index is 12.4. The van der Waals surface area contributed by atoms with Gasteiger partial charge in [0.15, 0.2) is 0 Å². The third-order valence-electron chi connectivity index (χ3n) is 3.89. The number of aromatic nitrogens is 1. The highest BCUT2D eigenvalue weighted by molar-refractivity contribution is 8.00. The second-order valence-electron chi connectivity index (χ2n) is 5.48. The van der Waals surface area contributed by atoms with Gasteiger partial charge in [-0.25, -0.2) is 0 Å². The Morgan fingerprint density at radius 3 is 2.61 bits per heavy atom. The normalized spacial score (nSPS) is 15.4. The molecule has 118 valence electrons. The molecule has 6 heteroatoms. The van der Waals surface area contributed by atoms with E-state index in [1.54, 1.807) is 12.3 Å². The molecule has 1 aromatic heterocycles. The summed E-state index contributed by atoms with van der Waals surface area (Å²) >= 11 is 7.75. The molecule has 1 aromatic carbocycles. The van der Waals surface area contributed by atoms with Crippen molar-refractivity contribution in [3.63, 3.8) is 0 Å². The molecular formula is C17H16ClN3OS. The third kappa shape index (κ3) is 3.90. The van der Waals surface area contributed by atoms with E-state index in [9.17, 15) is 4.79 Å². The van der Waals surface area contributed by atoms with Gasteiger partial charge in [-0.2, -0.15) is 5.26 Å². The van der Waals surface area contributed by atoms with Crippen molar-refractivity contribution in [1.29, 1.82) is 5.26 Å². The molecule has 1 amide bonds. The van der Waals surface area contributed by atoms with E-state index in [0.717, 1.165) is 31.0 Å². The molecule has 23 heavy (non-hydrogen) atoms. The van der Waals surface area contributed by atoms with E-state index in [0.29, 0.717) is 16.5 Å². The Balaban J connectivity index is 1.54. The number of halogens is 1. The molecule has 1 aliphatic rings. The Morgan fingerprint density at radius 1 is 1.30 bits per heavy atom. The quantitative estimate of drug-likeness (QED) is 0.916. The average molecular weight is 346 g/mol. The first-order valence-electron chi connectivity index (χ1n) is 7.46. The van der Waals surface area contributed by atoms with Gasteiger partial charge in [-0.3, -0.25) is 4.79 Å². The second kappa shape index (κ2) is 7.12. The highest BCUT2D eigenvalue weighted by atomic mass is 35.5. The van der Waals surface area contributed by atoms with Crippen LogP contribution in [0.15, 0.2) is 41.4 Å². The minimum atomic E-state index is -0.0264. The topological polar surface area (TPSA) is 59.9 Å². The van der Waals surface area contributed by atoms with Crippen LogP contribution in [0.3, 0.4) is 0 Å². The lowest BCUT2D eigenvalue weighted by atomic mass is 10.1. The smallest absolute Gasteiger partial charge is 0.270 e. The minimum Gasteiger partial charge on any atom is -0.356 e. The number of likely N-dealkylation sites (tertiary alicyclic amines) is 1. The first-order valence-corrected chi connectivity index (χ1v) is 8.71. The van der Waals surface area contributed by atoms with Crippen LogP contribution in [0, 0.1) is 11.3 Å². The van der Waals surface area contributed by atoms with Crippen molar-refractivity contribution in [1.82, 2.24) is 9.88 Å². The Hall–Kier alpha value is -1.90. The number of carbonyl (C=O) groups is 1. The molecule has 0 spiro atoms. The van der Waals surface area contributed by atoms with Crippen molar-refractivity contribution in [3.8, 4) is 6.07 Å². The largest absolute Gasteiger partial charge is 0.356 e. The lowest BCUT2D eigenvalue weighted by molar-refractivity contribution is 0.0722. The maximum atomic E-state index is 12.4. The number of hydrogen-bond acceptors (Lipinski definition) is 3. The first-order chi connectivity index (χ1) is 11.2. The van der Waals surface area contributed by atoms with E-state index < -0.39 is 0 Å². The van der Waals surface area contributed by atoms with E-state index in [-0.39, 0.29) is 5.91 Å². The zero-order chi connectivity index (χ0) is 16.2. The molecule has 0 aliphatic carbocycles.